The van der Waals surface area contributed by atoms with Gasteiger partial charge in [-0.1, -0.05) is 78.9 Å². The molecule has 1 aliphatic rings. The number of alkyl halides is 1. The number of esters is 1. The molecule has 174 valence electrons. The Kier molecular flexibility index (Phi) is 6.39. The minimum atomic E-state index is -3.19. The molecule has 0 spiro atoms. The highest BCUT2D eigenvalue weighted by molar-refractivity contribution is 6.07. The molecule has 1 aliphatic heterocycles. The SMILES string of the molecule is O=C(OC[C@H]1O[C@](O)(C(=O)c2ccccc2)[C@@H](F)[C@@]1(O)C(=O)c1ccccc1)c1ccccc1. The number of benzene rings is 3. The topological polar surface area (TPSA) is 110 Å². The van der Waals surface area contributed by atoms with Crippen LogP contribution in [0.1, 0.15) is 31.1 Å². The molecule has 1 heterocycles. The molecule has 4 atom stereocenters. The summed E-state index contributed by atoms with van der Waals surface area (Å²) in [6.45, 7) is -0.798. The van der Waals surface area contributed by atoms with E-state index < -0.39 is 47.8 Å². The second-order valence-electron chi connectivity index (χ2n) is 7.85. The van der Waals surface area contributed by atoms with Crippen molar-refractivity contribution in [2.75, 3.05) is 6.61 Å². The Balaban J connectivity index is 1.68. The standard InChI is InChI=1S/C26H21FO7/c27-24-25(31,21(28)17-10-4-1-5-11-17)20(16-33-23(30)19-14-8-3-9-15-19)34-26(24,32)22(29)18-12-6-2-7-13-18/h1-15,20,24,31-32H,16H2/t20-,24+,25+,26-/m1/s1. The van der Waals surface area contributed by atoms with Gasteiger partial charge in [0.25, 0.3) is 5.79 Å². The van der Waals surface area contributed by atoms with E-state index in [1.54, 1.807) is 30.3 Å². The van der Waals surface area contributed by atoms with Gasteiger partial charge < -0.3 is 19.7 Å². The van der Waals surface area contributed by atoms with Gasteiger partial charge in [0.2, 0.25) is 12.0 Å². The summed E-state index contributed by atoms with van der Waals surface area (Å²) < 4.78 is 26.2. The van der Waals surface area contributed by atoms with Crippen molar-refractivity contribution < 1.29 is 38.5 Å². The number of hydrogen-bond donors (Lipinski definition) is 2. The van der Waals surface area contributed by atoms with Crippen LogP contribution in [0.4, 0.5) is 4.39 Å². The zero-order chi connectivity index (χ0) is 24.3. The first kappa shape index (κ1) is 23.4. The van der Waals surface area contributed by atoms with E-state index in [0.717, 1.165) is 0 Å². The van der Waals surface area contributed by atoms with Gasteiger partial charge >= 0.3 is 5.97 Å². The van der Waals surface area contributed by atoms with Crippen molar-refractivity contribution in [3.8, 4) is 0 Å². The van der Waals surface area contributed by atoms with Crippen LogP contribution in [0.2, 0.25) is 0 Å². The van der Waals surface area contributed by atoms with Crippen molar-refractivity contribution in [1.29, 1.82) is 0 Å². The first-order chi connectivity index (χ1) is 16.3. The Hall–Kier alpha value is -3.72. The number of halogens is 1. The minimum Gasteiger partial charge on any atom is -0.459 e. The van der Waals surface area contributed by atoms with Crippen LogP contribution in [-0.4, -0.2) is 58.0 Å². The lowest BCUT2D eigenvalue weighted by Crippen LogP contribution is -2.57. The molecule has 4 rings (SSSR count). The Labute approximate surface area is 194 Å². The summed E-state index contributed by atoms with van der Waals surface area (Å²) >= 11 is 0. The maximum Gasteiger partial charge on any atom is 0.338 e. The molecule has 7 nitrogen and oxygen atoms in total. The average Bonchev–Trinajstić information content (AvgIpc) is 3.10. The minimum absolute atomic E-state index is 0.0768. The van der Waals surface area contributed by atoms with Crippen LogP contribution in [0, 0.1) is 0 Å². The molecule has 1 fully saturated rings. The fraction of sp³-hybridized carbons (Fsp3) is 0.192. The van der Waals surface area contributed by atoms with E-state index in [2.05, 4.69) is 0 Å². The molecule has 0 bridgehead atoms. The first-order valence-electron chi connectivity index (χ1n) is 10.5. The molecule has 0 aliphatic carbocycles. The van der Waals surface area contributed by atoms with Gasteiger partial charge in [0.1, 0.15) is 12.7 Å². The van der Waals surface area contributed by atoms with Crippen LogP contribution < -0.4 is 0 Å². The van der Waals surface area contributed by atoms with E-state index in [-0.39, 0.29) is 16.7 Å². The summed E-state index contributed by atoms with van der Waals surface area (Å²) in [6.07, 6.45) is -4.75. The maximum atomic E-state index is 15.8. The Bertz CT molecular complexity index is 1190. The van der Waals surface area contributed by atoms with E-state index >= 15 is 4.39 Å². The smallest absolute Gasteiger partial charge is 0.338 e. The van der Waals surface area contributed by atoms with Crippen molar-refractivity contribution in [2.45, 2.75) is 23.7 Å². The molecule has 0 radical (unpaired) electrons. The zero-order valence-electron chi connectivity index (χ0n) is 17.8. The molecular formula is C26H21FO7. The molecule has 0 aromatic heterocycles. The fourth-order valence-corrected chi connectivity index (χ4v) is 3.84. The summed E-state index contributed by atoms with van der Waals surface area (Å²) in [5, 5.41) is 22.3. The number of carbonyl (C=O) groups is 3. The number of hydrogen-bond acceptors (Lipinski definition) is 7. The number of Topliss-reactive ketones (excluding diaryl/α,β-unsaturated/α-hetero) is 2. The molecule has 0 amide bonds. The van der Waals surface area contributed by atoms with E-state index in [9.17, 15) is 24.6 Å². The van der Waals surface area contributed by atoms with Crippen molar-refractivity contribution >= 4 is 17.5 Å². The molecule has 1 saturated heterocycles. The molecule has 0 unspecified atom stereocenters. The van der Waals surface area contributed by atoms with Crippen LogP contribution in [0.15, 0.2) is 91.0 Å². The van der Waals surface area contributed by atoms with Gasteiger partial charge in [0.05, 0.1) is 5.56 Å². The van der Waals surface area contributed by atoms with Gasteiger partial charge in [-0.25, -0.2) is 9.18 Å². The van der Waals surface area contributed by atoms with Gasteiger partial charge in [-0.05, 0) is 12.1 Å². The van der Waals surface area contributed by atoms with E-state index in [1.165, 1.54) is 60.7 Å². The van der Waals surface area contributed by atoms with E-state index in [1.807, 2.05) is 0 Å². The van der Waals surface area contributed by atoms with Gasteiger partial charge in [-0.3, -0.25) is 9.59 Å². The Morgan fingerprint density at radius 1 is 0.765 bits per heavy atom. The summed E-state index contributed by atoms with van der Waals surface area (Å²) in [5.74, 6) is -6.32. The third kappa shape index (κ3) is 4.03. The highest BCUT2D eigenvalue weighted by atomic mass is 19.1. The second-order valence-corrected chi connectivity index (χ2v) is 7.85. The lowest BCUT2D eigenvalue weighted by Gasteiger charge is -2.28. The van der Waals surface area contributed by atoms with Crippen LogP contribution >= 0.6 is 0 Å². The molecule has 34 heavy (non-hydrogen) atoms. The Morgan fingerprint density at radius 3 is 1.71 bits per heavy atom. The van der Waals surface area contributed by atoms with Crippen LogP contribution in [-0.2, 0) is 9.47 Å². The third-order valence-corrected chi connectivity index (χ3v) is 5.68. The lowest BCUT2D eigenvalue weighted by atomic mass is 9.81. The second kappa shape index (κ2) is 9.26. The molecule has 8 heteroatoms. The van der Waals surface area contributed by atoms with Crippen molar-refractivity contribution in [3.05, 3.63) is 108 Å². The predicted molar refractivity (Wildman–Crippen MR) is 118 cm³/mol. The van der Waals surface area contributed by atoms with Crippen molar-refractivity contribution in [1.82, 2.24) is 0 Å². The highest BCUT2D eigenvalue weighted by Crippen LogP contribution is 2.43. The monoisotopic (exact) mass is 464 g/mol. The Morgan fingerprint density at radius 2 is 1.21 bits per heavy atom. The van der Waals surface area contributed by atoms with Crippen LogP contribution in [0.3, 0.4) is 0 Å². The number of ether oxygens (including phenoxy) is 2. The number of aliphatic hydroxyl groups is 2. The van der Waals surface area contributed by atoms with Gasteiger partial charge in [-0.15, -0.1) is 0 Å². The zero-order valence-corrected chi connectivity index (χ0v) is 17.8. The van der Waals surface area contributed by atoms with E-state index in [4.69, 9.17) is 9.47 Å². The third-order valence-electron chi connectivity index (χ3n) is 5.68. The quantitative estimate of drug-likeness (QED) is 0.409. The van der Waals surface area contributed by atoms with Gasteiger partial charge in [0, 0.05) is 11.1 Å². The number of ketones is 2. The first-order valence-corrected chi connectivity index (χ1v) is 10.5. The maximum absolute atomic E-state index is 15.8. The van der Waals surface area contributed by atoms with Crippen LogP contribution in [0.5, 0.6) is 0 Å². The summed E-state index contributed by atoms with van der Waals surface area (Å²) in [4.78, 5) is 38.6. The van der Waals surface area contributed by atoms with Crippen molar-refractivity contribution in [2.24, 2.45) is 0 Å². The summed E-state index contributed by atoms with van der Waals surface area (Å²) in [7, 11) is 0. The van der Waals surface area contributed by atoms with Crippen molar-refractivity contribution in [3.63, 3.8) is 0 Å². The average molecular weight is 464 g/mol. The van der Waals surface area contributed by atoms with Gasteiger partial charge in [0.15, 0.2) is 11.4 Å². The summed E-state index contributed by atoms with van der Waals surface area (Å²) in [5.41, 5.74) is -3.01. The molecule has 0 saturated carbocycles. The normalized spacial score (nSPS) is 26.1. The van der Waals surface area contributed by atoms with E-state index in [0.29, 0.717) is 0 Å². The van der Waals surface area contributed by atoms with Crippen LogP contribution in [0.25, 0.3) is 0 Å². The predicted octanol–water partition coefficient (Wildman–Crippen LogP) is 2.77. The lowest BCUT2D eigenvalue weighted by molar-refractivity contribution is -0.182. The molecular weight excluding hydrogens is 443 g/mol. The largest absolute Gasteiger partial charge is 0.459 e. The highest BCUT2D eigenvalue weighted by Gasteiger charge is 2.70. The summed E-state index contributed by atoms with van der Waals surface area (Å²) in [6, 6.07) is 22.4. The molecule has 2 N–H and O–H groups in total. The van der Waals surface area contributed by atoms with Gasteiger partial charge in [-0.2, -0.15) is 0 Å². The molecule has 3 aromatic rings. The molecule has 3 aromatic carbocycles. The fourth-order valence-electron chi connectivity index (χ4n) is 3.84. The number of carbonyl (C=O) groups excluding carboxylic acids is 3. The number of rotatable bonds is 7.